The minimum Gasteiger partial charge on any atom is -0.465 e. The molecule has 1 aliphatic rings. The van der Waals surface area contributed by atoms with E-state index < -0.39 is 5.97 Å². The van der Waals surface area contributed by atoms with E-state index in [0.29, 0.717) is 20.3 Å². The molecular weight excluding hydrogens is 396 g/mol. The number of anilines is 1. The molecule has 150 valence electrons. The van der Waals surface area contributed by atoms with Crippen LogP contribution in [0.25, 0.3) is 0 Å². The molecule has 2 amide bonds. The third kappa shape index (κ3) is 3.98. The highest BCUT2D eigenvalue weighted by atomic mass is 32.1. The number of hydrogen-bond acceptors (Lipinski definition) is 6. The van der Waals surface area contributed by atoms with Crippen LogP contribution in [0.1, 0.15) is 65.0 Å². The smallest absolute Gasteiger partial charge is 0.341 e. The minimum atomic E-state index is -0.566. The number of nitrogens with zero attached hydrogens (tertiary/aromatic N) is 1. The lowest BCUT2D eigenvalue weighted by atomic mass is 10.1. The van der Waals surface area contributed by atoms with Gasteiger partial charge in [-0.15, -0.1) is 22.7 Å². The number of thiophene rings is 2. The Hall–Kier alpha value is -2.19. The quantitative estimate of drug-likeness (QED) is 0.596. The van der Waals surface area contributed by atoms with Crippen LogP contribution < -0.4 is 5.32 Å². The number of methoxy groups -OCH3 is 1. The lowest BCUT2D eigenvalue weighted by molar-refractivity contribution is 0.0601. The van der Waals surface area contributed by atoms with Gasteiger partial charge in [-0.25, -0.2) is 4.79 Å². The van der Waals surface area contributed by atoms with Crippen LogP contribution in [0.4, 0.5) is 5.00 Å². The van der Waals surface area contributed by atoms with Crippen molar-refractivity contribution in [2.75, 3.05) is 26.5 Å². The molecule has 28 heavy (non-hydrogen) atoms. The zero-order valence-electron chi connectivity index (χ0n) is 16.5. The molecule has 0 bridgehead atoms. The molecule has 2 heterocycles. The molecule has 0 aromatic carbocycles. The average Bonchev–Trinajstić information content (AvgIpc) is 3.13. The number of amides is 2. The maximum atomic E-state index is 12.9. The van der Waals surface area contributed by atoms with E-state index >= 15 is 0 Å². The number of fused-ring (bicyclic) bond motifs is 1. The van der Waals surface area contributed by atoms with Crippen molar-refractivity contribution < 1.29 is 19.1 Å². The Morgan fingerprint density at radius 2 is 1.82 bits per heavy atom. The van der Waals surface area contributed by atoms with Crippen molar-refractivity contribution in [2.45, 2.75) is 39.0 Å². The van der Waals surface area contributed by atoms with E-state index in [-0.39, 0.29) is 17.4 Å². The van der Waals surface area contributed by atoms with Crippen LogP contribution in [0.2, 0.25) is 0 Å². The van der Waals surface area contributed by atoms with Gasteiger partial charge in [-0.2, -0.15) is 0 Å². The van der Waals surface area contributed by atoms with Gasteiger partial charge < -0.3 is 15.0 Å². The molecule has 3 rings (SSSR count). The molecule has 1 aliphatic carbocycles. The summed E-state index contributed by atoms with van der Waals surface area (Å²) in [6.45, 7) is 1.70. The Labute approximate surface area is 172 Å². The van der Waals surface area contributed by atoms with E-state index in [4.69, 9.17) is 4.74 Å². The van der Waals surface area contributed by atoms with Crippen LogP contribution in [0.3, 0.4) is 0 Å². The summed E-state index contributed by atoms with van der Waals surface area (Å²) >= 11 is 2.63. The van der Waals surface area contributed by atoms with Gasteiger partial charge in [0, 0.05) is 19.0 Å². The van der Waals surface area contributed by atoms with Crippen molar-refractivity contribution in [3.63, 3.8) is 0 Å². The van der Waals surface area contributed by atoms with Crippen molar-refractivity contribution in [3.8, 4) is 0 Å². The zero-order chi connectivity index (χ0) is 20.4. The summed E-state index contributed by atoms with van der Waals surface area (Å²) in [5, 5.41) is 3.19. The van der Waals surface area contributed by atoms with Crippen LogP contribution in [-0.4, -0.2) is 43.9 Å². The lowest BCUT2D eigenvalue weighted by Gasteiger charge is -2.08. The van der Waals surface area contributed by atoms with Crippen LogP contribution in [0, 0.1) is 6.92 Å². The van der Waals surface area contributed by atoms with Crippen molar-refractivity contribution in [1.29, 1.82) is 0 Å². The maximum Gasteiger partial charge on any atom is 0.341 e. The molecule has 0 saturated carbocycles. The molecule has 0 spiro atoms. The molecular formula is C20H24N2O4S2. The third-order valence-electron chi connectivity index (χ3n) is 4.83. The fourth-order valence-electron chi connectivity index (χ4n) is 3.30. The maximum absolute atomic E-state index is 12.9. The summed E-state index contributed by atoms with van der Waals surface area (Å²) in [6, 6.07) is 1.96. The molecule has 2 aromatic rings. The predicted molar refractivity (Wildman–Crippen MR) is 112 cm³/mol. The van der Waals surface area contributed by atoms with Gasteiger partial charge in [0.25, 0.3) is 11.8 Å². The highest BCUT2D eigenvalue weighted by molar-refractivity contribution is 7.19. The first kappa shape index (κ1) is 20.5. The number of carbonyl (C=O) groups is 3. The normalized spacial score (nSPS) is 13.4. The van der Waals surface area contributed by atoms with Crippen LogP contribution in [-0.2, 0) is 17.6 Å². The molecule has 1 N–H and O–H groups in total. The summed E-state index contributed by atoms with van der Waals surface area (Å²) in [5.41, 5.74) is 2.02. The number of carbonyl (C=O) groups excluding carboxylic acids is 3. The Balaban J connectivity index is 1.92. The lowest BCUT2D eigenvalue weighted by Crippen LogP contribution is -2.21. The Morgan fingerprint density at radius 3 is 2.50 bits per heavy atom. The van der Waals surface area contributed by atoms with Crippen LogP contribution in [0.5, 0.6) is 0 Å². The van der Waals surface area contributed by atoms with Gasteiger partial charge in [0.05, 0.1) is 22.4 Å². The molecule has 0 aliphatic heterocycles. The minimum absolute atomic E-state index is 0.212. The predicted octanol–water partition coefficient (Wildman–Crippen LogP) is 4.13. The first-order chi connectivity index (χ1) is 13.3. The molecule has 0 unspecified atom stereocenters. The molecule has 0 atom stereocenters. The highest BCUT2D eigenvalue weighted by Gasteiger charge is 2.27. The van der Waals surface area contributed by atoms with Gasteiger partial charge in [-0.05, 0) is 49.8 Å². The standard InChI is InChI=1S/C20H24N2O4S2/c1-11-15(20(25)26-4)18(28-16(11)19(24)22(2)3)21-17(23)14-10-12-8-6-5-7-9-13(12)27-14/h10H,5-9H2,1-4H3,(H,21,23). The molecule has 0 radical (unpaired) electrons. The molecule has 2 aromatic heterocycles. The second-order valence-corrected chi connectivity index (χ2v) is 9.18. The SMILES string of the molecule is COC(=O)c1c(NC(=O)c2cc3c(s2)CCCCC3)sc(C(=O)N(C)C)c1C. The first-order valence-corrected chi connectivity index (χ1v) is 10.8. The van der Waals surface area contributed by atoms with Crippen LogP contribution >= 0.6 is 22.7 Å². The summed E-state index contributed by atoms with van der Waals surface area (Å²) in [5.74, 6) is -1.03. The van der Waals surface area contributed by atoms with E-state index in [0.717, 1.165) is 37.0 Å². The number of rotatable bonds is 4. The van der Waals surface area contributed by atoms with Gasteiger partial charge in [-0.3, -0.25) is 9.59 Å². The van der Waals surface area contributed by atoms with Crippen molar-refractivity contribution >= 4 is 45.5 Å². The largest absolute Gasteiger partial charge is 0.465 e. The number of nitrogens with one attached hydrogen (secondary N) is 1. The topological polar surface area (TPSA) is 75.7 Å². The van der Waals surface area contributed by atoms with E-state index in [9.17, 15) is 14.4 Å². The molecule has 6 nitrogen and oxygen atoms in total. The van der Waals surface area contributed by atoms with Crippen molar-refractivity contribution in [2.24, 2.45) is 0 Å². The fraction of sp³-hybridized carbons (Fsp3) is 0.450. The van der Waals surface area contributed by atoms with Gasteiger partial charge in [0.2, 0.25) is 0 Å². The highest BCUT2D eigenvalue weighted by Crippen LogP contribution is 2.36. The van der Waals surface area contributed by atoms with Gasteiger partial charge in [-0.1, -0.05) is 6.42 Å². The molecule has 8 heteroatoms. The van der Waals surface area contributed by atoms with E-state index in [1.807, 2.05) is 6.07 Å². The summed E-state index contributed by atoms with van der Waals surface area (Å²) < 4.78 is 4.87. The summed E-state index contributed by atoms with van der Waals surface area (Å²) in [4.78, 5) is 41.4. The van der Waals surface area contributed by atoms with Gasteiger partial charge in [0.1, 0.15) is 5.00 Å². The fourth-order valence-corrected chi connectivity index (χ4v) is 5.66. The summed E-state index contributed by atoms with van der Waals surface area (Å²) in [7, 11) is 4.58. The summed E-state index contributed by atoms with van der Waals surface area (Å²) in [6.07, 6.45) is 5.55. The number of esters is 1. The third-order valence-corrected chi connectivity index (χ3v) is 7.27. The van der Waals surface area contributed by atoms with Crippen molar-refractivity contribution in [1.82, 2.24) is 4.90 Å². The van der Waals surface area contributed by atoms with E-state index in [2.05, 4.69) is 5.32 Å². The number of aryl methyl sites for hydroxylation is 2. The Morgan fingerprint density at radius 1 is 1.11 bits per heavy atom. The Bertz CT molecular complexity index is 904. The molecule has 0 fully saturated rings. The van der Waals surface area contributed by atoms with E-state index in [1.165, 1.54) is 40.2 Å². The van der Waals surface area contributed by atoms with E-state index in [1.54, 1.807) is 21.0 Å². The second kappa shape index (κ2) is 8.45. The first-order valence-electron chi connectivity index (χ1n) is 9.19. The zero-order valence-corrected chi connectivity index (χ0v) is 18.1. The number of hydrogen-bond donors (Lipinski definition) is 1. The second-order valence-electron chi connectivity index (χ2n) is 7.03. The molecule has 0 saturated heterocycles. The van der Waals surface area contributed by atoms with Gasteiger partial charge >= 0.3 is 5.97 Å². The monoisotopic (exact) mass is 420 g/mol. The number of ether oxygens (including phenoxy) is 1. The van der Waals surface area contributed by atoms with Crippen molar-refractivity contribution in [3.05, 3.63) is 37.4 Å². The Kier molecular flexibility index (Phi) is 6.20. The van der Waals surface area contributed by atoms with Gasteiger partial charge in [0.15, 0.2) is 0 Å². The average molecular weight is 421 g/mol. The van der Waals surface area contributed by atoms with Crippen LogP contribution in [0.15, 0.2) is 6.07 Å².